The van der Waals surface area contributed by atoms with Crippen molar-refractivity contribution in [3.05, 3.63) is 18.1 Å². The molecule has 32 heavy (non-hydrogen) atoms. The summed E-state index contributed by atoms with van der Waals surface area (Å²) in [7, 11) is -16.6. The number of anilines is 1. The maximum atomic E-state index is 11.8. The summed E-state index contributed by atoms with van der Waals surface area (Å²) in [5.41, 5.74) is 6.16. The first-order chi connectivity index (χ1) is 14.7. The van der Waals surface area contributed by atoms with Gasteiger partial charge in [-0.15, -0.1) is 0 Å². The Balaban J connectivity index is 1.70. The van der Waals surface area contributed by atoms with E-state index >= 15 is 0 Å². The molecule has 2 aromatic heterocycles. The van der Waals surface area contributed by atoms with Gasteiger partial charge in [-0.3, -0.25) is 4.52 Å². The third-order valence-corrected chi connectivity index (χ3v) is 7.89. The third-order valence-electron chi connectivity index (χ3n) is 4.09. The minimum atomic E-state index is -5.67. The second-order valence-corrected chi connectivity index (χ2v) is 10.8. The van der Waals surface area contributed by atoms with Crippen LogP contribution in [0.4, 0.5) is 5.82 Å². The molecular formula is C12H16N5O12P3. The predicted octanol–water partition coefficient (Wildman–Crippen LogP) is -0.123. The number of aliphatic hydroxyl groups is 1. The number of phosphoric acid groups is 3. The number of ether oxygens (including phenoxy) is 1. The Kier molecular flexibility index (Phi) is 6.90. The number of rotatable bonds is 8. The van der Waals surface area contributed by atoms with Crippen molar-refractivity contribution in [3.8, 4) is 6.07 Å². The molecule has 0 radical (unpaired) electrons. The van der Waals surface area contributed by atoms with Crippen LogP contribution in [0.2, 0.25) is 0 Å². The molecule has 5 atom stereocenters. The maximum absolute atomic E-state index is 11.8. The smallest absolute Gasteiger partial charge is 0.390 e. The van der Waals surface area contributed by atoms with Gasteiger partial charge in [0.25, 0.3) is 0 Å². The minimum absolute atomic E-state index is 0.0491. The van der Waals surface area contributed by atoms with Gasteiger partial charge in [0, 0.05) is 12.6 Å². The van der Waals surface area contributed by atoms with E-state index in [1.54, 1.807) is 0 Å². The zero-order valence-electron chi connectivity index (χ0n) is 15.6. The standard InChI is InChI=1S/C12H16N5O12P3/c13-2-6-3-17(12-10(6)11(14)15-5-16-12)9-1-7(18)8(27-9)4-26-31(22,23)29-32(24,25)28-30(19,20)21/h3,5,7-9,18H,1,4H2,(H,22,23)(H,24,25)(H2,14,15,16)(H2,19,20,21)/t7-,8+,9+/m0/s1. The SMILES string of the molecule is N#Cc1cn([C@H]2C[C@H](O)[C@@H](COP(=O)(O)OP(=O)(O)OP(=O)(O)O)O2)c2ncnc(N)c12. The number of nitrogen functional groups attached to an aromatic ring is 1. The Morgan fingerprint density at radius 1 is 1.22 bits per heavy atom. The molecule has 0 spiro atoms. The van der Waals surface area contributed by atoms with Gasteiger partial charge in [-0.1, -0.05) is 0 Å². The van der Waals surface area contributed by atoms with Gasteiger partial charge in [-0.25, -0.2) is 23.7 Å². The molecule has 1 saturated heterocycles. The molecule has 3 heterocycles. The number of aromatic nitrogens is 3. The summed E-state index contributed by atoms with van der Waals surface area (Å²) in [6.45, 7) is -0.831. The van der Waals surface area contributed by atoms with E-state index in [2.05, 4.69) is 23.1 Å². The fraction of sp³-hybridized carbons (Fsp3) is 0.417. The number of phosphoric ester groups is 1. The third kappa shape index (κ3) is 5.77. The van der Waals surface area contributed by atoms with Crippen molar-refractivity contribution in [2.24, 2.45) is 0 Å². The van der Waals surface area contributed by atoms with E-state index in [4.69, 9.17) is 25.2 Å². The highest BCUT2D eigenvalue weighted by Gasteiger charge is 2.43. The van der Waals surface area contributed by atoms with E-state index in [1.165, 1.54) is 10.8 Å². The van der Waals surface area contributed by atoms with Crippen molar-refractivity contribution < 1.29 is 56.3 Å². The van der Waals surface area contributed by atoms with Crippen LogP contribution in [-0.2, 0) is 31.6 Å². The molecule has 17 nitrogen and oxygen atoms in total. The number of fused-ring (bicyclic) bond motifs is 1. The highest BCUT2D eigenvalue weighted by Crippen LogP contribution is 2.66. The zero-order valence-corrected chi connectivity index (χ0v) is 18.3. The molecule has 2 unspecified atom stereocenters. The Morgan fingerprint density at radius 2 is 1.91 bits per heavy atom. The Labute approximate surface area is 178 Å². The first kappa shape index (κ1) is 24.9. The van der Waals surface area contributed by atoms with Gasteiger partial charge >= 0.3 is 23.5 Å². The number of aliphatic hydroxyl groups excluding tert-OH is 1. The molecule has 20 heteroatoms. The molecule has 0 amide bonds. The average molecular weight is 515 g/mol. The summed E-state index contributed by atoms with van der Waals surface area (Å²) in [6.07, 6.45) is -0.936. The summed E-state index contributed by atoms with van der Waals surface area (Å²) in [4.78, 5) is 43.5. The van der Waals surface area contributed by atoms with Gasteiger partial charge in [0.15, 0.2) is 0 Å². The Morgan fingerprint density at radius 3 is 2.53 bits per heavy atom. The van der Waals surface area contributed by atoms with Gasteiger partial charge in [0.2, 0.25) is 0 Å². The van der Waals surface area contributed by atoms with Crippen LogP contribution < -0.4 is 5.73 Å². The van der Waals surface area contributed by atoms with Gasteiger partial charge in [0.05, 0.1) is 23.7 Å². The lowest BCUT2D eigenvalue weighted by Gasteiger charge is -2.19. The lowest BCUT2D eigenvalue weighted by atomic mass is 10.2. The number of nitriles is 1. The molecule has 0 aliphatic carbocycles. The van der Waals surface area contributed by atoms with Crippen LogP contribution in [0.1, 0.15) is 18.2 Å². The average Bonchev–Trinajstić information content (AvgIpc) is 3.18. The molecule has 2 aromatic rings. The molecule has 1 aliphatic rings. The van der Waals surface area contributed by atoms with Crippen LogP contribution in [0.3, 0.4) is 0 Å². The molecule has 3 rings (SSSR count). The molecular weight excluding hydrogens is 499 g/mol. The molecule has 0 saturated carbocycles. The van der Waals surface area contributed by atoms with Crippen molar-refractivity contribution in [1.29, 1.82) is 5.26 Å². The number of hydrogen-bond donors (Lipinski definition) is 6. The molecule has 0 bridgehead atoms. The fourth-order valence-electron chi connectivity index (χ4n) is 2.92. The monoisotopic (exact) mass is 515 g/mol. The van der Waals surface area contributed by atoms with E-state index in [1.807, 2.05) is 6.07 Å². The highest BCUT2D eigenvalue weighted by atomic mass is 31.3. The maximum Gasteiger partial charge on any atom is 0.490 e. The first-order valence-electron chi connectivity index (χ1n) is 8.34. The summed E-state index contributed by atoms with van der Waals surface area (Å²) >= 11 is 0. The zero-order chi connectivity index (χ0) is 23.9. The molecule has 7 N–H and O–H groups in total. The van der Waals surface area contributed by atoms with Crippen molar-refractivity contribution in [1.82, 2.24) is 14.5 Å². The first-order valence-corrected chi connectivity index (χ1v) is 12.9. The van der Waals surface area contributed by atoms with Crippen molar-refractivity contribution in [2.75, 3.05) is 12.3 Å². The second-order valence-electron chi connectivity index (χ2n) is 6.34. The van der Waals surface area contributed by atoms with Gasteiger partial charge in [-0.05, 0) is 0 Å². The van der Waals surface area contributed by atoms with Crippen LogP contribution in [0.25, 0.3) is 11.0 Å². The van der Waals surface area contributed by atoms with Crippen LogP contribution in [0, 0.1) is 11.3 Å². The van der Waals surface area contributed by atoms with Crippen LogP contribution >= 0.6 is 23.5 Å². The molecule has 1 fully saturated rings. The van der Waals surface area contributed by atoms with E-state index < -0.39 is 48.5 Å². The highest BCUT2D eigenvalue weighted by molar-refractivity contribution is 7.66. The van der Waals surface area contributed by atoms with E-state index in [9.17, 15) is 29.0 Å². The Bertz CT molecular complexity index is 1210. The number of hydrogen-bond acceptors (Lipinski definition) is 12. The molecule has 0 aromatic carbocycles. The summed E-state index contributed by atoms with van der Waals surface area (Å²) < 4.78 is 52.5. The van der Waals surface area contributed by atoms with Crippen molar-refractivity contribution >= 4 is 40.3 Å². The van der Waals surface area contributed by atoms with Crippen molar-refractivity contribution in [2.45, 2.75) is 24.9 Å². The van der Waals surface area contributed by atoms with Crippen LogP contribution in [0.15, 0.2) is 12.5 Å². The fourth-order valence-corrected chi connectivity index (χ4v) is 5.95. The van der Waals surface area contributed by atoms with E-state index in [-0.39, 0.29) is 28.8 Å². The minimum Gasteiger partial charge on any atom is -0.390 e. The predicted molar refractivity (Wildman–Crippen MR) is 101 cm³/mol. The van der Waals surface area contributed by atoms with Crippen LogP contribution in [-0.4, -0.2) is 58.0 Å². The number of nitrogens with two attached hydrogens (primary N) is 1. The Hall–Kier alpha value is -1.76. The van der Waals surface area contributed by atoms with Gasteiger partial charge in [0.1, 0.15) is 36.2 Å². The summed E-state index contributed by atoms with van der Waals surface area (Å²) in [5.74, 6) is 0.0491. The normalized spacial score (nSPS) is 25.3. The quantitative estimate of drug-likeness (QED) is 0.250. The summed E-state index contributed by atoms with van der Waals surface area (Å²) in [6, 6.07) is 1.93. The van der Waals surface area contributed by atoms with E-state index in [0.717, 1.165) is 6.33 Å². The van der Waals surface area contributed by atoms with Crippen LogP contribution in [0.5, 0.6) is 0 Å². The van der Waals surface area contributed by atoms with Gasteiger partial charge in [-0.2, -0.15) is 13.9 Å². The van der Waals surface area contributed by atoms with E-state index in [0.29, 0.717) is 0 Å². The molecule has 1 aliphatic heterocycles. The van der Waals surface area contributed by atoms with Crippen molar-refractivity contribution in [3.63, 3.8) is 0 Å². The largest absolute Gasteiger partial charge is 0.490 e. The topological polar surface area (TPSA) is 270 Å². The van der Waals surface area contributed by atoms with Gasteiger partial charge < -0.3 is 39.7 Å². The summed E-state index contributed by atoms with van der Waals surface area (Å²) in [5, 5.41) is 19.8. The lowest BCUT2D eigenvalue weighted by Crippen LogP contribution is -2.26. The molecule has 176 valence electrons. The number of nitrogens with zero attached hydrogens (tertiary/aromatic N) is 4. The lowest BCUT2D eigenvalue weighted by molar-refractivity contribution is -0.0421. The second kappa shape index (κ2) is 8.88.